The zero-order valence-electron chi connectivity index (χ0n) is 19.7. The summed E-state index contributed by atoms with van der Waals surface area (Å²) in [6.07, 6.45) is -1.51. The van der Waals surface area contributed by atoms with E-state index in [0.717, 1.165) is 17.2 Å². The van der Waals surface area contributed by atoms with Crippen LogP contribution in [-0.2, 0) is 25.6 Å². The Morgan fingerprint density at radius 1 is 1.06 bits per heavy atom. The van der Waals surface area contributed by atoms with E-state index in [9.17, 15) is 18.0 Å². The molecule has 12 heteroatoms. The Morgan fingerprint density at radius 3 is 2.64 bits per heavy atom. The summed E-state index contributed by atoms with van der Waals surface area (Å²) in [6, 6.07) is 4.24. The highest BCUT2D eigenvalue weighted by Crippen LogP contribution is 2.39. The van der Waals surface area contributed by atoms with E-state index in [1.807, 2.05) is 7.05 Å². The molecule has 1 amide bonds. The molecule has 0 bridgehead atoms. The number of alkyl halides is 3. The number of hydrogen-bond donors (Lipinski definition) is 2. The smallest absolute Gasteiger partial charge is 0.368 e. The van der Waals surface area contributed by atoms with E-state index in [1.54, 1.807) is 21.8 Å². The van der Waals surface area contributed by atoms with Crippen molar-refractivity contribution in [3.63, 3.8) is 0 Å². The number of hydrogen-bond acceptors (Lipinski definition) is 7. The van der Waals surface area contributed by atoms with Crippen LogP contribution in [0.3, 0.4) is 0 Å². The van der Waals surface area contributed by atoms with Crippen LogP contribution in [0, 0.1) is 0 Å². The molecule has 0 radical (unpaired) electrons. The van der Waals surface area contributed by atoms with Crippen molar-refractivity contribution in [3.05, 3.63) is 46.8 Å². The van der Waals surface area contributed by atoms with Crippen LogP contribution in [0.1, 0.15) is 27.2 Å². The molecule has 0 spiro atoms. The lowest BCUT2D eigenvalue weighted by Gasteiger charge is -2.35. The van der Waals surface area contributed by atoms with Crippen molar-refractivity contribution in [2.24, 2.45) is 0 Å². The van der Waals surface area contributed by atoms with E-state index in [1.165, 1.54) is 6.07 Å². The average molecular weight is 499 g/mol. The molecule has 1 aliphatic carbocycles. The summed E-state index contributed by atoms with van der Waals surface area (Å²) < 4.78 is 43.7. The number of nitrogens with zero attached hydrogens (tertiary/aromatic N) is 6. The Hall–Kier alpha value is -3.67. The van der Waals surface area contributed by atoms with Crippen LogP contribution in [0.4, 0.5) is 30.5 Å². The Kier molecular flexibility index (Phi) is 5.36. The molecule has 4 heterocycles. The summed E-state index contributed by atoms with van der Waals surface area (Å²) in [5, 5.41) is 10.4. The van der Waals surface area contributed by atoms with Crippen molar-refractivity contribution in [2.45, 2.75) is 25.6 Å². The minimum Gasteiger partial charge on any atom is -0.368 e. The van der Waals surface area contributed by atoms with Crippen LogP contribution >= 0.6 is 0 Å². The summed E-state index contributed by atoms with van der Waals surface area (Å²) in [7, 11) is 1.96. The van der Waals surface area contributed by atoms with Gasteiger partial charge in [0, 0.05) is 55.9 Å². The Labute approximate surface area is 205 Å². The van der Waals surface area contributed by atoms with Gasteiger partial charge >= 0.3 is 6.18 Å². The number of carbonyl (C=O) groups is 1. The molecule has 0 saturated carbocycles. The SMILES string of the molecule is CN1CCN(c2ccc(Nc3ncc4c(n3)-c3nn5c(c3CC4)C(=O)NCC5)cc2C(F)(F)F)CC1. The van der Waals surface area contributed by atoms with E-state index in [2.05, 4.69) is 30.6 Å². The predicted octanol–water partition coefficient (Wildman–Crippen LogP) is 2.70. The lowest BCUT2D eigenvalue weighted by molar-refractivity contribution is -0.137. The summed E-state index contributed by atoms with van der Waals surface area (Å²) >= 11 is 0. The Bertz CT molecular complexity index is 1340. The van der Waals surface area contributed by atoms with Gasteiger partial charge in [-0.05, 0) is 43.7 Å². The second kappa shape index (κ2) is 8.47. The third-order valence-electron chi connectivity index (χ3n) is 7.01. The highest BCUT2D eigenvalue weighted by Gasteiger charge is 2.36. The number of nitrogens with one attached hydrogen (secondary N) is 2. The Morgan fingerprint density at radius 2 is 1.86 bits per heavy atom. The molecular weight excluding hydrogens is 473 g/mol. The number of likely N-dealkylation sites (N-methyl/N-ethyl adjacent to an activating group) is 1. The highest BCUT2D eigenvalue weighted by molar-refractivity contribution is 5.96. The third kappa shape index (κ3) is 3.94. The number of piperazine rings is 1. The number of benzene rings is 1. The number of amides is 1. The van der Waals surface area contributed by atoms with Crippen molar-refractivity contribution in [1.82, 2.24) is 30.0 Å². The first-order valence-corrected chi connectivity index (χ1v) is 11.9. The fourth-order valence-corrected chi connectivity index (χ4v) is 5.11. The van der Waals surface area contributed by atoms with E-state index < -0.39 is 11.7 Å². The van der Waals surface area contributed by atoms with Crippen molar-refractivity contribution < 1.29 is 18.0 Å². The summed E-state index contributed by atoms with van der Waals surface area (Å²) in [5.74, 6) is 0.0310. The molecule has 2 N–H and O–H groups in total. The van der Waals surface area contributed by atoms with Gasteiger partial charge in [-0.3, -0.25) is 9.48 Å². The van der Waals surface area contributed by atoms with Gasteiger partial charge in [-0.2, -0.15) is 18.3 Å². The van der Waals surface area contributed by atoms with Crippen LogP contribution in [0.5, 0.6) is 0 Å². The monoisotopic (exact) mass is 498 g/mol. The van der Waals surface area contributed by atoms with Gasteiger partial charge in [0.1, 0.15) is 11.4 Å². The molecule has 6 rings (SSSR count). The molecule has 0 unspecified atom stereocenters. The third-order valence-corrected chi connectivity index (χ3v) is 7.01. The number of rotatable bonds is 3. The van der Waals surface area contributed by atoms with Crippen LogP contribution in [0.2, 0.25) is 0 Å². The zero-order chi connectivity index (χ0) is 25.0. The largest absolute Gasteiger partial charge is 0.418 e. The van der Waals surface area contributed by atoms with Gasteiger partial charge in [-0.25, -0.2) is 9.97 Å². The number of fused-ring (bicyclic) bond motifs is 5. The molecule has 3 aromatic rings. The maximum absolute atomic E-state index is 14.0. The lowest BCUT2D eigenvalue weighted by Crippen LogP contribution is -2.45. The van der Waals surface area contributed by atoms with Crippen molar-refractivity contribution in [3.8, 4) is 11.4 Å². The molecule has 3 aliphatic rings. The van der Waals surface area contributed by atoms with E-state index in [0.29, 0.717) is 69.2 Å². The van der Waals surface area contributed by atoms with Gasteiger partial charge in [-0.15, -0.1) is 0 Å². The predicted molar refractivity (Wildman–Crippen MR) is 127 cm³/mol. The number of anilines is 3. The molecule has 1 fully saturated rings. The number of carbonyl (C=O) groups excluding carboxylic acids is 1. The van der Waals surface area contributed by atoms with Gasteiger partial charge < -0.3 is 20.4 Å². The van der Waals surface area contributed by atoms with Gasteiger partial charge in [0.25, 0.3) is 5.91 Å². The van der Waals surface area contributed by atoms with E-state index in [4.69, 9.17) is 0 Å². The topological polar surface area (TPSA) is 91.2 Å². The fourth-order valence-electron chi connectivity index (χ4n) is 5.11. The number of aromatic nitrogens is 4. The molecule has 1 saturated heterocycles. The molecule has 9 nitrogen and oxygen atoms in total. The first-order chi connectivity index (χ1) is 17.3. The molecule has 2 aromatic heterocycles. The maximum atomic E-state index is 14.0. The van der Waals surface area contributed by atoms with Gasteiger partial charge in [0.15, 0.2) is 0 Å². The Balaban J connectivity index is 1.32. The van der Waals surface area contributed by atoms with Crippen LogP contribution in [0.25, 0.3) is 11.4 Å². The molecule has 0 atom stereocenters. The molecular formula is C24H25F3N8O. The lowest BCUT2D eigenvalue weighted by atomic mass is 9.93. The number of halogens is 3. The van der Waals surface area contributed by atoms with Gasteiger partial charge in [0.2, 0.25) is 5.95 Å². The zero-order valence-corrected chi connectivity index (χ0v) is 19.7. The standard InChI is InChI=1S/C24H25F3N8O/c1-33-8-10-34(11-9-33)18-5-3-15(12-17(18)24(25,26)27)30-23-29-13-14-2-4-16-20(19(14)31-23)32-35-7-6-28-22(36)21(16)35/h3,5,12-13H,2,4,6-11H2,1H3,(H,28,36)(H,29,30,31). The molecule has 1 aromatic carbocycles. The van der Waals surface area contributed by atoms with Crippen molar-refractivity contribution in [1.29, 1.82) is 0 Å². The molecule has 36 heavy (non-hydrogen) atoms. The van der Waals surface area contributed by atoms with E-state index in [-0.39, 0.29) is 23.2 Å². The molecule has 188 valence electrons. The summed E-state index contributed by atoms with van der Waals surface area (Å²) in [5.41, 5.74) is 3.28. The first kappa shape index (κ1) is 22.8. The van der Waals surface area contributed by atoms with Crippen LogP contribution in [0.15, 0.2) is 24.4 Å². The van der Waals surface area contributed by atoms with Gasteiger partial charge in [-0.1, -0.05) is 0 Å². The first-order valence-electron chi connectivity index (χ1n) is 11.9. The van der Waals surface area contributed by atoms with Gasteiger partial charge in [0.05, 0.1) is 17.8 Å². The minimum atomic E-state index is -4.50. The summed E-state index contributed by atoms with van der Waals surface area (Å²) in [4.78, 5) is 25.2. The number of aryl methyl sites for hydroxylation is 1. The summed E-state index contributed by atoms with van der Waals surface area (Å²) in [6.45, 7) is 3.59. The average Bonchev–Trinajstić information content (AvgIpc) is 3.25. The van der Waals surface area contributed by atoms with Crippen LogP contribution in [-0.4, -0.2) is 70.3 Å². The quantitative estimate of drug-likeness (QED) is 0.574. The molecule has 2 aliphatic heterocycles. The van der Waals surface area contributed by atoms with Crippen molar-refractivity contribution in [2.75, 3.05) is 50.0 Å². The second-order valence-electron chi connectivity index (χ2n) is 9.37. The van der Waals surface area contributed by atoms with Crippen LogP contribution < -0.4 is 15.5 Å². The maximum Gasteiger partial charge on any atom is 0.418 e. The fraction of sp³-hybridized carbons (Fsp3) is 0.417. The minimum absolute atomic E-state index is 0.147. The normalized spacial score (nSPS) is 17.8. The van der Waals surface area contributed by atoms with E-state index >= 15 is 0 Å². The highest BCUT2D eigenvalue weighted by atomic mass is 19.4. The van der Waals surface area contributed by atoms with Crippen molar-refractivity contribution >= 4 is 23.2 Å². The second-order valence-corrected chi connectivity index (χ2v) is 9.37.